The number of esters is 1. The summed E-state index contributed by atoms with van der Waals surface area (Å²) >= 11 is 0. The molecule has 0 aromatic heterocycles. The lowest BCUT2D eigenvalue weighted by Gasteiger charge is -2.22. The van der Waals surface area contributed by atoms with Gasteiger partial charge in [-0.1, -0.05) is 30.3 Å². The predicted octanol–water partition coefficient (Wildman–Crippen LogP) is 2.25. The molecule has 0 aliphatic rings. The lowest BCUT2D eigenvalue weighted by molar-refractivity contribution is -0.156. The number of benzene rings is 1. The summed E-state index contributed by atoms with van der Waals surface area (Å²) in [5.41, 5.74) is 6.15. The summed E-state index contributed by atoms with van der Waals surface area (Å²) in [4.78, 5) is 35.0. The summed E-state index contributed by atoms with van der Waals surface area (Å²) in [5.74, 6) is -1.71. The first kappa shape index (κ1) is 23.4. The topological polar surface area (TPSA) is 128 Å². The highest BCUT2D eigenvalue weighted by Crippen LogP contribution is 2.11. The number of hydrogen-bond acceptors (Lipinski definition) is 6. The van der Waals surface area contributed by atoms with Crippen molar-refractivity contribution in [3.05, 3.63) is 35.9 Å². The van der Waals surface area contributed by atoms with Crippen molar-refractivity contribution >= 4 is 18.0 Å². The molecule has 0 radical (unpaired) electrons. The summed E-state index contributed by atoms with van der Waals surface area (Å²) in [5, 5.41) is 11.6. The molecule has 1 amide bonds. The maximum Gasteiger partial charge on any atom is 0.407 e. The summed E-state index contributed by atoms with van der Waals surface area (Å²) in [6.07, 6.45) is 0.460. The molecule has 1 aromatic carbocycles. The molecule has 1 unspecified atom stereocenters. The zero-order valence-electron chi connectivity index (χ0n) is 16.6. The van der Waals surface area contributed by atoms with Crippen molar-refractivity contribution in [1.82, 2.24) is 5.32 Å². The van der Waals surface area contributed by atoms with Crippen LogP contribution >= 0.6 is 0 Å². The number of carbonyl (C=O) groups excluding carboxylic acids is 2. The van der Waals surface area contributed by atoms with Crippen molar-refractivity contribution in [1.29, 1.82) is 0 Å². The number of rotatable bonds is 10. The SMILES string of the molecule is CC(C)(C)OC(=O)C(N)CCC[C@H](NC(=O)OCCc1ccccc1)C(=O)O. The first-order valence-electron chi connectivity index (χ1n) is 9.27. The van der Waals surface area contributed by atoms with Gasteiger partial charge in [-0.05, 0) is 45.6 Å². The number of nitrogens with one attached hydrogen (secondary N) is 1. The maximum atomic E-state index is 11.8. The number of ether oxygens (including phenoxy) is 2. The summed E-state index contributed by atoms with van der Waals surface area (Å²) in [7, 11) is 0. The van der Waals surface area contributed by atoms with Gasteiger partial charge in [0.2, 0.25) is 0 Å². The number of aliphatic carboxylic acids is 1. The van der Waals surface area contributed by atoms with E-state index in [9.17, 15) is 19.5 Å². The van der Waals surface area contributed by atoms with Crippen molar-refractivity contribution in [3.8, 4) is 0 Å². The Balaban J connectivity index is 2.35. The van der Waals surface area contributed by atoms with Crippen LogP contribution in [-0.4, -0.2) is 47.4 Å². The van der Waals surface area contributed by atoms with E-state index in [1.165, 1.54) is 0 Å². The second-order valence-corrected chi connectivity index (χ2v) is 7.48. The van der Waals surface area contributed by atoms with Crippen molar-refractivity contribution in [2.24, 2.45) is 5.73 Å². The van der Waals surface area contributed by atoms with Crippen LogP contribution in [0.1, 0.15) is 45.6 Å². The lowest BCUT2D eigenvalue weighted by Crippen LogP contribution is -2.42. The normalized spacial score (nSPS) is 13.3. The Morgan fingerprint density at radius 3 is 2.36 bits per heavy atom. The van der Waals surface area contributed by atoms with Crippen LogP contribution in [0.2, 0.25) is 0 Å². The number of carbonyl (C=O) groups is 3. The van der Waals surface area contributed by atoms with Crippen LogP contribution in [0.5, 0.6) is 0 Å². The molecule has 0 fully saturated rings. The second kappa shape index (κ2) is 11.3. The van der Waals surface area contributed by atoms with Gasteiger partial charge in [0.15, 0.2) is 0 Å². The summed E-state index contributed by atoms with van der Waals surface area (Å²) < 4.78 is 10.2. The first-order chi connectivity index (χ1) is 13.1. The molecule has 0 saturated carbocycles. The van der Waals surface area contributed by atoms with Gasteiger partial charge in [-0.3, -0.25) is 4.79 Å². The average molecular weight is 394 g/mol. The minimum Gasteiger partial charge on any atom is -0.480 e. The van der Waals surface area contributed by atoms with Crippen LogP contribution in [0.15, 0.2) is 30.3 Å². The Kier molecular flexibility index (Phi) is 9.44. The minimum atomic E-state index is -1.18. The zero-order chi connectivity index (χ0) is 21.2. The molecule has 156 valence electrons. The average Bonchev–Trinajstić information content (AvgIpc) is 2.60. The summed E-state index contributed by atoms with van der Waals surface area (Å²) in [6, 6.07) is 7.53. The quantitative estimate of drug-likeness (QED) is 0.519. The van der Waals surface area contributed by atoms with Gasteiger partial charge >= 0.3 is 18.0 Å². The molecule has 28 heavy (non-hydrogen) atoms. The van der Waals surface area contributed by atoms with Gasteiger partial charge in [0.25, 0.3) is 0 Å². The highest BCUT2D eigenvalue weighted by molar-refractivity contribution is 5.80. The Labute approximate surface area is 165 Å². The number of amides is 1. The van der Waals surface area contributed by atoms with E-state index in [2.05, 4.69) is 5.32 Å². The number of nitrogens with two attached hydrogens (primary N) is 1. The molecular weight excluding hydrogens is 364 g/mol. The molecule has 0 aliphatic carbocycles. The van der Waals surface area contributed by atoms with Crippen LogP contribution in [0.4, 0.5) is 4.79 Å². The van der Waals surface area contributed by atoms with E-state index in [4.69, 9.17) is 15.2 Å². The highest BCUT2D eigenvalue weighted by Gasteiger charge is 2.24. The van der Waals surface area contributed by atoms with Crippen LogP contribution < -0.4 is 11.1 Å². The van der Waals surface area contributed by atoms with Crippen molar-refractivity contribution in [2.45, 2.75) is 64.1 Å². The van der Waals surface area contributed by atoms with E-state index in [1.807, 2.05) is 30.3 Å². The van der Waals surface area contributed by atoms with Crippen LogP contribution in [0.3, 0.4) is 0 Å². The number of carboxylic acid groups (broad SMARTS) is 1. The largest absolute Gasteiger partial charge is 0.480 e. The van der Waals surface area contributed by atoms with Gasteiger partial charge in [0.1, 0.15) is 17.7 Å². The number of carboxylic acids is 1. The monoisotopic (exact) mass is 394 g/mol. The van der Waals surface area contributed by atoms with Gasteiger partial charge < -0.3 is 25.6 Å². The Morgan fingerprint density at radius 1 is 1.14 bits per heavy atom. The Bertz CT molecular complexity index is 642. The molecule has 0 heterocycles. The molecule has 8 heteroatoms. The van der Waals surface area contributed by atoms with Crippen molar-refractivity contribution < 1.29 is 29.0 Å². The standard InChI is InChI=1S/C20H30N2O6/c1-20(2,3)28-18(25)15(21)10-7-11-16(17(23)24)22-19(26)27-13-12-14-8-5-4-6-9-14/h4-6,8-9,15-16H,7,10-13,21H2,1-3H3,(H,22,26)(H,23,24)/t15?,16-/m0/s1. The molecule has 0 bridgehead atoms. The van der Waals surface area contributed by atoms with Crippen LogP contribution in [0.25, 0.3) is 0 Å². The molecule has 0 spiro atoms. The number of hydrogen-bond donors (Lipinski definition) is 3. The van der Waals surface area contributed by atoms with E-state index in [0.29, 0.717) is 12.8 Å². The zero-order valence-corrected chi connectivity index (χ0v) is 16.6. The Hall–Kier alpha value is -2.61. The fraction of sp³-hybridized carbons (Fsp3) is 0.550. The fourth-order valence-electron chi connectivity index (χ4n) is 2.38. The molecule has 4 N–H and O–H groups in total. The molecule has 1 aromatic rings. The van der Waals surface area contributed by atoms with E-state index >= 15 is 0 Å². The van der Waals surface area contributed by atoms with E-state index in [1.54, 1.807) is 20.8 Å². The third kappa shape index (κ3) is 9.91. The van der Waals surface area contributed by atoms with E-state index < -0.39 is 35.7 Å². The smallest absolute Gasteiger partial charge is 0.407 e. The van der Waals surface area contributed by atoms with E-state index in [-0.39, 0.29) is 19.4 Å². The van der Waals surface area contributed by atoms with Gasteiger partial charge in [-0.15, -0.1) is 0 Å². The van der Waals surface area contributed by atoms with Crippen LogP contribution in [-0.2, 0) is 25.5 Å². The molecule has 8 nitrogen and oxygen atoms in total. The maximum absolute atomic E-state index is 11.8. The van der Waals surface area contributed by atoms with Gasteiger partial charge in [-0.25, -0.2) is 9.59 Å². The Morgan fingerprint density at radius 2 is 1.79 bits per heavy atom. The molecule has 0 saturated heterocycles. The predicted molar refractivity (Wildman–Crippen MR) is 104 cm³/mol. The molecule has 1 rings (SSSR count). The first-order valence-corrected chi connectivity index (χ1v) is 9.27. The lowest BCUT2D eigenvalue weighted by atomic mass is 10.1. The fourth-order valence-corrected chi connectivity index (χ4v) is 2.38. The number of alkyl carbamates (subject to hydrolysis) is 1. The third-order valence-electron chi connectivity index (χ3n) is 3.77. The molecular formula is C20H30N2O6. The summed E-state index contributed by atoms with van der Waals surface area (Å²) in [6.45, 7) is 5.37. The van der Waals surface area contributed by atoms with E-state index in [0.717, 1.165) is 5.56 Å². The van der Waals surface area contributed by atoms with Gasteiger partial charge in [-0.2, -0.15) is 0 Å². The molecule has 0 aliphatic heterocycles. The minimum absolute atomic E-state index is 0.125. The van der Waals surface area contributed by atoms with Crippen LogP contribution in [0, 0.1) is 0 Å². The van der Waals surface area contributed by atoms with Crippen molar-refractivity contribution in [2.75, 3.05) is 6.61 Å². The van der Waals surface area contributed by atoms with Gasteiger partial charge in [0, 0.05) is 6.42 Å². The van der Waals surface area contributed by atoms with Crippen molar-refractivity contribution in [3.63, 3.8) is 0 Å². The third-order valence-corrected chi connectivity index (χ3v) is 3.77. The molecule has 2 atom stereocenters. The van der Waals surface area contributed by atoms with Gasteiger partial charge in [0.05, 0.1) is 6.61 Å². The highest BCUT2D eigenvalue weighted by atomic mass is 16.6. The second-order valence-electron chi connectivity index (χ2n) is 7.48.